The van der Waals surface area contributed by atoms with Crippen LogP contribution in [0.1, 0.15) is 114 Å². The average Bonchev–Trinajstić information content (AvgIpc) is 3.53. The molecular weight excluding hydrogens is 767 g/mol. The van der Waals surface area contributed by atoms with E-state index in [1.807, 2.05) is 4.90 Å². The second-order valence-electron chi connectivity index (χ2n) is 18.7. The summed E-state index contributed by atoms with van der Waals surface area (Å²) in [7, 11) is 0. The number of alkyl carbamates (subject to hydrolysis) is 2. The minimum atomic E-state index is -0.832. The monoisotopic (exact) mass is 821 g/mol. The first-order valence-electron chi connectivity index (χ1n) is 19.4. The van der Waals surface area contributed by atoms with E-state index in [2.05, 4.69) is 81.4 Å². The number of carbonyl (C=O) groups is 4. The van der Waals surface area contributed by atoms with Gasteiger partial charge in [-0.2, -0.15) is 0 Å². The third kappa shape index (κ3) is 13.1. The Bertz CT molecular complexity index is 2360. The highest BCUT2D eigenvalue weighted by atomic mass is 32.1. The predicted molar refractivity (Wildman–Crippen MR) is 234 cm³/mol. The highest BCUT2D eigenvalue weighted by molar-refractivity contribution is 7.19. The third-order valence-electron chi connectivity index (χ3n) is 8.32. The summed E-state index contributed by atoms with van der Waals surface area (Å²) >= 11 is 1.81. The maximum absolute atomic E-state index is 14.1. The number of nitrogens with zero attached hydrogens (tertiary/aromatic N) is 3. The van der Waals surface area contributed by atoms with E-state index in [-0.39, 0.29) is 28.3 Å². The molecule has 0 bridgehead atoms. The van der Waals surface area contributed by atoms with E-state index in [1.165, 1.54) is 39.2 Å². The van der Waals surface area contributed by atoms with Gasteiger partial charge >= 0.3 is 18.2 Å². The maximum atomic E-state index is 14.1. The van der Waals surface area contributed by atoms with Gasteiger partial charge in [-0.25, -0.2) is 24.4 Å². The smallest absolute Gasteiger partial charge is 0.414 e. The average molecular weight is 822 g/mol. The Balaban J connectivity index is 1.29. The van der Waals surface area contributed by atoms with Gasteiger partial charge in [-0.1, -0.05) is 53.7 Å². The van der Waals surface area contributed by atoms with Crippen molar-refractivity contribution in [3.63, 3.8) is 0 Å². The SMILES string of the molecule is CC(C)(C)CN(Cc1ccc2sc(C(C)(C)C)cc2c1)C(=O)c1ccc2cc(OC(=O)c3ccc(N=C(NC(=O)OC(C)(C)C)NC(=O)OC(C)(C)C)cc3)ccc2n1. The van der Waals surface area contributed by atoms with Crippen LogP contribution in [0.3, 0.4) is 0 Å². The number of hydrogen-bond donors (Lipinski definition) is 2. The number of guanidine groups is 1. The molecule has 0 aliphatic heterocycles. The topological polar surface area (TPSA) is 149 Å². The van der Waals surface area contributed by atoms with E-state index in [0.717, 1.165) is 5.56 Å². The van der Waals surface area contributed by atoms with E-state index in [9.17, 15) is 19.2 Å². The van der Waals surface area contributed by atoms with Crippen LogP contribution in [0, 0.1) is 5.41 Å². The van der Waals surface area contributed by atoms with E-state index >= 15 is 0 Å². The van der Waals surface area contributed by atoms with E-state index < -0.39 is 29.4 Å². The van der Waals surface area contributed by atoms with Crippen LogP contribution < -0.4 is 15.4 Å². The number of aliphatic imine (C=N–C) groups is 1. The van der Waals surface area contributed by atoms with Crippen LogP contribution >= 0.6 is 11.3 Å². The van der Waals surface area contributed by atoms with Crippen LogP contribution in [-0.2, 0) is 21.4 Å². The zero-order valence-corrected chi connectivity index (χ0v) is 36.8. The summed E-state index contributed by atoms with van der Waals surface area (Å²) in [6.07, 6.45) is -1.66. The molecule has 0 spiro atoms. The number of esters is 1. The molecule has 0 fully saturated rings. The lowest BCUT2D eigenvalue weighted by molar-refractivity contribution is 0.0543. The van der Waals surface area contributed by atoms with Crippen LogP contribution in [0.25, 0.3) is 21.0 Å². The Labute approximate surface area is 350 Å². The molecule has 0 radical (unpaired) electrons. The molecule has 0 atom stereocenters. The Morgan fingerprint density at radius 1 is 0.712 bits per heavy atom. The van der Waals surface area contributed by atoms with Gasteiger partial charge in [0.1, 0.15) is 22.6 Å². The molecule has 0 aliphatic rings. The molecule has 12 nitrogen and oxygen atoms in total. The fraction of sp³-hybridized carbons (Fsp3) is 0.391. The summed E-state index contributed by atoms with van der Waals surface area (Å²) in [5.41, 5.74) is 0.834. The second-order valence-corrected chi connectivity index (χ2v) is 19.7. The minimum Gasteiger partial charge on any atom is -0.444 e. The number of aromatic nitrogens is 1. The number of pyridine rings is 1. The van der Waals surface area contributed by atoms with Crippen LogP contribution in [-0.4, -0.2) is 57.7 Å². The number of amides is 3. The highest BCUT2D eigenvalue weighted by Gasteiger charge is 2.25. The lowest BCUT2D eigenvalue weighted by Gasteiger charge is -2.30. The van der Waals surface area contributed by atoms with Crippen molar-refractivity contribution < 1.29 is 33.4 Å². The zero-order chi connectivity index (χ0) is 43.5. The lowest BCUT2D eigenvalue weighted by Crippen LogP contribution is -2.47. The van der Waals surface area contributed by atoms with Crippen LogP contribution in [0.2, 0.25) is 0 Å². The van der Waals surface area contributed by atoms with Crippen molar-refractivity contribution in [2.24, 2.45) is 10.4 Å². The van der Waals surface area contributed by atoms with Crippen LogP contribution in [0.4, 0.5) is 15.3 Å². The van der Waals surface area contributed by atoms with E-state index in [1.54, 1.807) is 83.2 Å². The van der Waals surface area contributed by atoms with Gasteiger partial charge in [0, 0.05) is 28.1 Å². The molecule has 2 N–H and O–H groups in total. The standard InChI is InChI=1S/C46H55N5O7S/c1-43(2,3)27-51(26-28-13-22-36-31(23-28)25-37(59-36)44(4,5)6)38(52)35-20-16-30-24-33(19-21-34(30)48-35)56-39(53)29-14-17-32(18-15-29)47-40(49-41(54)57-45(7,8)9)50-42(55)58-46(10,11)12/h13-25H,26-27H2,1-12H3,(H2,47,49,50,54,55). The third-order valence-corrected chi connectivity index (χ3v) is 9.86. The molecule has 0 saturated heterocycles. The molecule has 5 rings (SSSR count). The van der Waals surface area contributed by atoms with Crippen molar-refractivity contribution in [2.75, 3.05) is 6.54 Å². The number of rotatable bonds is 7. The highest BCUT2D eigenvalue weighted by Crippen LogP contribution is 2.35. The van der Waals surface area contributed by atoms with Crippen molar-refractivity contribution in [2.45, 2.75) is 106 Å². The summed E-state index contributed by atoms with van der Waals surface area (Å²) in [6.45, 7) is 24.2. The van der Waals surface area contributed by atoms with Crippen molar-refractivity contribution in [3.05, 3.63) is 101 Å². The molecule has 3 aromatic carbocycles. The number of fused-ring (bicyclic) bond motifs is 2. The van der Waals surface area contributed by atoms with Crippen LogP contribution in [0.5, 0.6) is 5.75 Å². The zero-order valence-electron chi connectivity index (χ0n) is 36.0. The fourth-order valence-corrected chi connectivity index (χ4v) is 6.96. The van der Waals surface area contributed by atoms with E-state index in [4.69, 9.17) is 19.2 Å². The maximum Gasteiger partial charge on any atom is 0.414 e. The van der Waals surface area contributed by atoms with Gasteiger partial charge in [0.05, 0.1) is 16.8 Å². The van der Waals surface area contributed by atoms with Gasteiger partial charge in [-0.05, 0) is 130 Å². The normalized spacial score (nSPS) is 12.1. The molecule has 0 aliphatic carbocycles. The number of nitrogens with one attached hydrogen (secondary N) is 2. The van der Waals surface area contributed by atoms with Gasteiger partial charge in [0.15, 0.2) is 0 Å². The quantitative estimate of drug-likeness (QED) is 0.0713. The second kappa shape index (κ2) is 17.2. The summed E-state index contributed by atoms with van der Waals surface area (Å²) < 4.78 is 17.5. The van der Waals surface area contributed by atoms with Crippen molar-refractivity contribution in [1.29, 1.82) is 0 Å². The Hall–Kier alpha value is -5.82. The van der Waals surface area contributed by atoms with E-state index in [0.29, 0.717) is 41.1 Å². The summed E-state index contributed by atoms with van der Waals surface area (Å²) in [5, 5.41) is 6.73. The first-order valence-corrected chi connectivity index (χ1v) is 20.3. The Morgan fingerprint density at radius 3 is 1.92 bits per heavy atom. The van der Waals surface area contributed by atoms with Gasteiger partial charge in [0.2, 0.25) is 5.96 Å². The Kier molecular flexibility index (Phi) is 12.9. The molecule has 2 heterocycles. The summed E-state index contributed by atoms with van der Waals surface area (Å²) in [4.78, 5) is 64.4. The molecule has 0 unspecified atom stereocenters. The van der Waals surface area contributed by atoms with Gasteiger partial charge < -0.3 is 19.1 Å². The molecule has 5 aromatic rings. The van der Waals surface area contributed by atoms with Gasteiger partial charge in [-0.15, -0.1) is 11.3 Å². The number of thiophene rings is 1. The van der Waals surface area contributed by atoms with Gasteiger partial charge in [-0.3, -0.25) is 15.4 Å². The number of ether oxygens (including phenoxy) is 3. The largest absolute Gasteiger partial charge is 0.444 e. The molecule has 2 aromatic heterocycles. The minimum absolute atomic E-state index is 0.0626. The molecular formula is C46H55N5O7S. The number of carbonyl (C=O) groups excluding carboxylic acids is 4. The summed E-state index contributed by atoms with van der Waals surface area (Å²) in [6, 6.07) is 23.3. The number of benzene rings is 3. The summed E-state index contributed by atoms with van der Waals surface area (Å²) in [5.74, 6) is -0.722. The first-order chi connectivity index (χ1) is 27.3. The number of hydrogen-bond acceptors (Lipinski definition) is 10. The molecule has 3 amide bonds. The molecule has 312 valence electrons. The van der Waals surface area contributed by atoms with Gasteiger partial charge in [0.25, 0.3) is 5.91 Å². The molecule has 0 saturated carbocycles. The Morgan fingerprint density at radius 2 is 1.34 bits per heavy atom. The van der Waals surface area contributed by atoms with Crippen LogP contribution in [0.15, 0.2) is 83.9 Å². The fourth-order valence-electron chi connectivity index (χ4n) is 5.86. The van der Waals surface area contributed by atoms with Crippen molar-refractivity contribution >= 4 is 68.0 Å². The molecule has 59 heavy (non-hydrogen) atoms. The van der Waals surface area contributed by atoms with Crippen molar-refractivity contribution in [3.8, 4) is 5.75 Å². The van der Waals surface area contributed by atoms with Crippen molar-refractivity contribution in [1.82, 2.24) is 20.5 Å². The first kappa shape index (κ1) is 44.3. The lowest BCUT2D eigenvalue weighted by atomic mass is 9.94. The predicted octanol–water partition coefficient (Wildman–Crippen LogP) is 10.7. The molecule has 13 heteroatoms.